The number of pyridine rings is 1. The zero-order chi connectivity index (χ0) is 25.7. The first-order chi connectivity index (χ1) is 17.8. The van der Waals surface area contributed by atoms with E-state index in [4.69, 9.17) is 9.47 Å². The Labute approximate surface area is 209 Å². The maximum Gasteiger partial charge on any atom is 0.416 e. The lowest BCUT2D eigenvalue weighted by molar-refractivity contribution is -0.137. The molecule has 0 spiro atoms. The van der Waals surface area contributed by atoms with Crippen LogP contribution in [0.5, 0.6) is 17.2 Å². The average molecular weight is 510 g/mol. The highest BCUT2D eigenvalue weighted by atomic mass is 19.4. The Morgan fingerprint density at radius 2 is 2.03 bits per heavy atom. The summed E-state index contributed by atoms with van der Waals surface area (Å²) in [7, 11) is 0. The van der Waals surface area contributed by atoms with E-state index in [1.165, 1.54) is 12.1 Å². The number of rotatable bonds is 5. The van der Waals surface area contributed by atoms with Crippen molar-refractivity contribution in [2.24, 2.45) is 0 Å². The molecule has 37 heavy (non-hydrogen) atoms. The van der Waals surface area contributed by atoms with Gasteiger partial charge in [0.2, 0.25) is 5.91 Å². The molecule has 3 N–H and O–H groups in total. The molecule has 0 radical (unpaired) electrons. The first-order valence-electron chi connectivity index (χ1n) is 11.7. The molecule has 3 amide bonds. The van der Waals surface area contributed by atoms with Crippen LogP contribution in [0.2, 0.25) is 0 Å². The van der Waals surface area contributed by atoms with Gasteiger partial charge in [-0.3, -0.25) is 4.79 Å². The predicted molar refractivity (Wildman–Crippen MR) is 125 cm³/mol. The smallest absolute Gasteiger partial charge is 0.416 e. The fraction of sp³-hybridized carbons (Fsp3) is 0.269. The van der Waals surface area contributed by atoms with Gasteiger partial charge in [-0.15, -0.1) is 0 Å². The second kappa shape index (κ2) is 8.68. The van der Waals surface area contributed by atoms with Crippen LogP contribution in [0.1, 0.15) is 34.6 Å². The van der Waals surface area contributed by atoms with E-state index in [0.717, 1.165) is 23.3 Å². The number of hydrogen-bond donors (Lipinski definition) is 3. The summed E-state index contributed by atoms with van der Waals surface area (Å²) in [4.78, 5) is 28.3. The maximum atomic E-state index is 12.9. The average Bonchev–Trinajstić information content (AvgIpc) is 3.38. The van der Waals surface area contributed by atoms with Gasteiger partial charge in [0.05, 0.1) is 17.5 Å². The molecule has 2 aliphatic heterocycles. The second-order valence-electron chi connectivity index (χ2n) is 9.15. The van der Waals surface area contributed by atoms with Gasteiger partial charge >= 0.3 is 12.2 Å². The minimum absolute atomic E-state index is 0.0378. The van der Waals surface area contributed by atoms with E-state index in [0.29, 0.717) is 41.5 Å². The Hall–Kier alpha value is -4.28. The number of aromatic nitrogens is 1. The summed E-state index contributed by atoms with van der Waals surface area (Å²) in [5.41, 5.74) is 1.33. The van der Waals surface area contributed by atoms with Crippen molar-refractivity contribution in [1.29, 1.82) is 0 Å². The number of halogens is 3. The molecule has 0 bridgehead atoms. The number of amides is 3. The van der Waals surface area contributed by atoms with E-state index in [2.05, 4.69) is 20.9 Å². The van der Waals surface area contributed by atoms with Gasteiger partial charge in [0, 0.05) is 30.3 Å². The van der Waals surface area contributed by atoms with Crippen LogP contribution in [0.3, 0.4) is 0 Å². The lowest BCUT2D eigenvalue weighted by Crippen LogP contribution is -2.38. The number of carbonyl (C=O) groups is 2. The number of nitrogens with one attached hydrogen (secondary N) is 3. The molecule has 1 aromatic heterocycles. The topological polar surface area (TPSA) is 102 Å². The van der Waals surface area contributed by atoms with Crippen LogP contribution in [0, 0.1) is 0 Å². The number of ether oxygens (including phenoxy) is 2. The number of alkyl halides is 3. The van der Waals surface area contributed by atoms with Gasteiger partial charge < -0.3 is 25.4 Å². The van der Waals surface area contributed by atoms with E-state index in [9.17, 15) is 22.8 Å². The molecule has 3 atom stereocenters. The summed E-state index contributed by atoms with van der Waals surface area (Å²) in [5, 5.41) is 8.19. The van der Waals surface area contributed by atoms with Gasteiger partial charge in [-0.25, -0.2) is 9.78 Å². The summed E-state index contributed by atoms with van der Waals surface area (Å²) in [6.07, 6.45) is -2.19. The maximum absolute atomic E-state index is 12.9. The monoisotopic (exact) mass is 510 g/mol. The zero-order valence-corrected chi connectivity index (χ0v) is 19.3. The third kappa shape index (κ3) is 4.52. The molecule has 3 aromatic rings. The molecule has 2 aromatic carbocycles. The van der Waals surface area contributed by atoms with Crippen LogP contribution in [0.25, 0.3) is 0 Å². The highest BCUT2D eigenvalue weighted by molar-refractivity contribution is 5.93. The van der Waals surface area contributed by atoms with Gasteiger partial charge in [-0.05, 0) is 48.4 Å². The Kier molecular flexibility index (Phi) is 5.43. The first kappa shape index (κ1) is 23.1. The fourth-order valence-electron chi connectivity index (χ4n) is 4.80. The minimum atomic E-state index is -4.44. The second-order valence-corrected chi connectivity index (χ2v) is 9.15. The van der Waals surface area contributed by atoms with Crippen molar-refractivity contribution < 1.29 is 32.2 Å². The summed E-state index contributed by atoms with van der Waals surface area (Å²) < 4.78 is 50.7. The van der Waals surface area contributed by atoms with E-state index >= 15 is 0 Å². The van der Waals surface area contributed by atoms with E-state index < -0.39 is 17.8 Å². The lowest BCUT2D eigenvalue weighted by Gasteiger charge is -2.19. The van der Waals surface area contributed by atoms with Crippen molar-refractivity contribution in [3.8, 4) is 17.2 Å². The Morgan fingerprint density at radius 1 is 1.16 bits per heavy atom. The molecule has 190 valence electrons. The third-order valence-electron chi connectivity index (χ3n) is 6.66. The summed E-state index contributed by atoms with van der Waals surface area (Å²) in [6, 6.07) is 11.3. The molecule has 3 heterocycles. The minimum Gasteiger partial charge on any atom is -0.487 e. The number of hydrogen-bond acceptors (Lipinski definition) is 5. The predicted octanol–water partition coefficient (Wildman–Crippen LogP) is 4.50. The van der Waals surface area contributed by atoms with Crippen molar-refractivity contribution in [1.82, 2.24) is 15.6 Å². The van der Waals surface area contributed by atoms with Crippen LogP contribution in [0.4, 0.5) is 23.8 Å². The van der Waals surface area contributed by atoms with Gasteiger partial charge in [-0.1, -0.05) is 12.1 Å². The van der Waals surface area contributed by atoms with Crippen LogP contribution in [-0.2, 0) is 23.9 Å². The van der Waals surface area contributed by atoms with Crippen LogP contribution in [0.15, 0.2) is 54.7 Å². The van der Waals surface area contributed by atoms with Gasteiger partial charge in [0.25, 0.3) is 0 Å². The van der Waals surface area contributed by atoms with Crippen molar-refractivity contribution in [3.63, 3.8) is 0 Å². The molecule has 1 aliphatic carbocycles. The van der Waals surface area contributed by atoms with Crippen molar-refractivity contribution in [2.75, 3.05) is 5.32 Å². The summed E-state index contributed by atoms with van der Waals surface area (Å²) in [6.45, 7) is -0.0378. The molecular formula is C26H21F3N4O4. The van der Waals surface area contributed by atoms with Gasteiger partial charge in [0.1, 0.15) is 29.2 Å². The van der Waals surface area contributed by atoms with E-state index in [-0.39, 0.29) is 30.5 Å². The molecule has 11 heteroatoms. The Morgan fingerprint density at radius 3 is 2.86 bits per heavy atom. The lowest BCUT2D eigenvalue weighted by atomic mass is 10.1. The zero-order valence-electron chi connectivity index (χ0n) is 19.3. The van der Waals surface area contributed by atoms with Gasteiger partial charge in [0.15, 0.2) is 0 Å². The summed E-state index contributed by atoms with van der Waals surface area (Å²) in [5.74, 6) is 2.29. The number of carbonyl (C=O) groups excluding carboxylic acids is 2. The highest BCUT2D eigenvalue weighted by Gasteiger charge is 2.59. The molecule has 0 saturated heterocycles. The van der Waals surface area contributed by atoms with E-state index in [1.807, 2.05) is 12.1 Å². The van der Waals surface area contributed by atoms with Crippen LogP contribution < -0.4 is 25.4 Å². The summed E-state index contributed by atoms with van der Waals surface area (Å²) >= 11 is 0. The highest BCUT2D eigenvalue weighted by Crippen LogP contribution is 2.54. The van der Waals surface area contributed by atoms with Gasteiger partial charge in [-0.2, -0.15) is 13.2 Å². The first-order valence-corrected chi connectivity index (χ1v) is 11.7. The molecular weight excluding hydrogens is 489 g/mol. The molecule has 6 rings (SSSR count). The number of nitrogens with zero attached hydrogens (tertiary/aromatic N) is 1. The number of fused-ring (bicyclic) bond motifs is 4. The third-order valence-corrected chi connectivity index (χ3v) is 6.66. The Balaban J connectivity index is 1.09. The molecule has 3 aliphatic rings. The van der Waals surface area contributed by atoms with Crippen molar-refractivity contribution >= 4 is 17.8 Å². The number of urea groups is 1. The largest absolute Gasteiger partial charge is 0.487 e. The quantitative estimate of drug-likeness (QED) is 0.469. The molecule has 1 fully saturated rings. The SMILES string of the molecule is O=C1CCc2c(Oc3ccc4c(c3)[C@H]3[C@@H](NC(=O)NCc5cccc(C(F)(F)F)c5)[C@H]3O4)ccnc2N1. The number of benzene rings is 2. The van der Waals surface area contributed by atoms with Crippen molar-refractivity contribution in [2.45, 2.75) is 43.6 Å². The number of anilines is 1. The Bertz CT molecular complexity index is 1410. The van der Waals surface area contributed by atoms with Crippen LogP contribution in [-0.4, -0.2) is 29.1 Å². The normalized spacial score (nSPS) is 21.1. The fourth-order valence-corrected chi connectivity index (χ4v) is 4.80. The van der Waals surface area contributed by atoms with Crippen LogP contribution >= 0.6 is 0 Å². The molecule has 1 saturated carbocycles. The molecule has 8 nitrogen and oxygen atoms in total. The standard InChI is InChI=1S/C26H21F3N4O4/c27-26(28,29)14-3-1-2-13(10-14)12-31-25(35)33-22-21-17-11-15(4-6-18(17)37-23(21)22)36-19-8-9-30-24-16(19)5-7-20(34)32-24/h1-4,6,8-11,21-23H,5,7,12H2,(H,30,32,34)(H2,31,33,35)/t21-,22+,23-/m0/s1. The molecule has 0 unspecified atom stereocenters. The van der Waals surface area contributed by atoms with Crippen molar-refractivity contribution in [3.05, 3.63) is 77.0 Å². The van der Waals surface area contributed by atoms with E-state index in [1.54, 1.807) is 18.3 Å².